The SMILES string of the molecule is CCCCCCc1ccc(OC(=O)c2ccc(C(=O)Oc3ccc(CCCCCC)s3)cc2)s1. The molecule has 0 amide bonds. The number of thiophene rings is 2. The van der Waals surface area contributed by atoms with E-state index in [0.29, 0.717) is 21.3 Å². The molecule has 4 nitrogen and oxygen atoms in total. The van der Waals surface area contributed by atoms with Gasteiger partial charge in [-0.3, -0.25) is 0 Å². The third-order valence-corrected chi connectivity index (χ3v) is 7.62. The molecule has 0 fully saturated rings. The number of hydrogen-bond donors (Lipinski definition) is 0. The van der Waals surface area contributed by atoms with Crippen molar-refractivity contribution in [1.82, 2.24) is 0 Å². The highest BCUT2D eigenvalue weighted by Crippen LogP contribution is 2.28. The minimum Gasteiger partial charge on any atom is -0.412 e. The van der Waals surface area contributed by atoms with Crippen LogP contribution in [0.1, 0.15) is 95.7 Å². The van der Waals surface area contributed by atoms with Crippen LogP contribution in [-0.4, -0.2) is 11.9 Å². The van der Waals surface area contributed by atoms with Crippen molar-refractivity contribution in [1.29, 1.82) is 0 Å². The van der Waals surface area contributed by atoms with E-state index in [1.54, 1.807) is 24.3 Å². The number of unbranched alkanes of at least 4 members (excludes halogenated alkanes) is 6. The van der Waals surface area contributed by atoms with Gasteiger partial charge < -0.3 is 9.47 Å². The summed E-state index contributed by atoms with van der Waals surface area (Å²) in [4.78, 5) is 27.5. The molecule has 0 saturated carbocycles. The monoisotopic (exact) mass is 498 g/mol. The van der Waals surface area contributed by atoms with Gasteiger partial charge in [0.25, 0.3) is 0 Å². The molecule has 0 aliphatic carbocycles. The van der Waals surface area contributed by atoms with E-state index in [2.05, 4.69) is 13.8 Å². The molecule has 0 N–H and O–H groups in total. The van der Waals surface area contributed by atoms with Crippen LogP contribution < -0.4 is 9.47 Å². The van der Waals surface area contributed by atoms with Crippen molar-refractivity contribution < 1.29 is 19.1 Å². The summed E-state index contributed by atoms with van der Waals surface area (Å²) in [7, 11) is 0. The van der Waals surface area contributed by atoms with Crippen molar-refractivity contribution in [2.24, 2.45) is 0 Å². The highest BCUT2D eigenvalue weighted by atomic mass is 32.1. The highest BCUT2D eigenvalue weighted by molar-refractivity contribution is 7.14. The van der Waals surface area contributed by atoms with Gasteiger partial charge in [0.15, 0.2) is 10.1 Å². The Morgan fingerprint density at radius 1 is 0.588 bits per heavy atom. The van der Waals surface area contributed by atoms with Gasteiger partial charge in [0, 0.05) is 9.75 Å². The van der Waals surface area contributed by atoms with E-state index in [4.69, 9.17) is 9.47 Å². The van der Waals surface area contributed by atoms with E-state index in [1.807, 2.05) is 24.3 Å². The Balaban J connectivity index is 1.47. The van der Waals surface area contributed by atoms with Gasteiger partial charge in [-0.15, -0.1) is 22.7 Å². The second-order valence-corrected chi connectivity index (χ2v) is 10.7. The summed E-state index contributed by atoms with van der Waals surface area (Å²) in [6.45, 7) is 4.40. The van der Waals surface area contributed by atoms with Gasteiger partial charge in [-0.1, -0.05) is 52.4 Å². The minimum absolute atomic E-state index is 0.403. The highest BCUT2D eigenvalue weighted by Gasteiger charge is 2.14. The maximum atomic E-state index is 12.5. The third kappa shape index (κ3) is 8.41. The van der Waals surface area contributed by atoms with Crippen molar-refractivity contribution >= 4 is 34.6 Å². The number of aryl methyl sites for hydroxylation is 2. The van der Waals surface area contributed by atoms with Gasteiger partial charge in [0.1, 0.15) is 0 Å². The number of benzene rings is 1. The largest absolute Gasteiger partial charge is 0.412 e. The molecule has 6 heteroatoms. The summed E-state index contributed by atoms with van der Waals surface area (Å²) in [6, 6.07) is 14.2. The van der Waals surface area contributed by atoms with E-state index in [9.17, 15) is 9.59 Å². The molecule has 0 aliphatic rings. The fourth-order valence-electron chi connectivity index (χ4n) is 3.59. The van der Waals surface area contributed by atoms with Crippen LogP contribution in [0, 0.1) is 0 Å². The molecule has 0 aliphatic heterocycles. The first-order chi connectivity index (χ1) is 16.6. The summed E-state index contributed by atoms with van der Waals surface area (Å²) in [5.41, 5.74) is 0.805. The predicted molar refractivity (Wildman–Crippen MR) is 141 cm³/mol. The minimum atomic E-state index is -0.426. The molecule has 2 aromatic heterocycles. The molecule has 34 heavy (non-hydrogen) atoms. The van der Waals surface area contributed by atoms with Gasteiger partial charge in [0.2, 0.25) is 0 Å². The quantitative estimate of drug-likeness (QED) is 0.165. The lowest BCUT2D eigenvalue weighted by Gasteiger charge is -2.04. The summed E-state index contributed by atoms with van der Waals surface area (Å²) >= 11 is 3.03. The standard InChI is InChI=1S/C28H34O4S2/c1-3-5-7-9-11-23-17-19-25(33-23)31-27(29)21-13-15-22(16-14-21)28(30)32-26-20-18-24(34-26)12-10-8-6-4-2/h13-20H,3-12H2,1-2H3. The molecule has 0 bridgehead atoms. The average Bonchev–Trinajstić information content (AvgIpc) is 3.49. The molecular weight excluding hydrogens is 464 g/mol. The van der Waals surface area contributed by atoms with Gasteiger partial charge in [-0.25, -0.2) is 9.59 Å². The number of ether oxygens (including phenoxy) is 2. The Kier molecular flexibility index (Phi) is 10.8. The Hall–Kier alpha value is -2.44. The molecule has 1 aromatic carbocycles. The lowest BCUT2D eigenvalue weighted by atomic mass is 10.1. The number of rotatable bonds is 14. The molecular formula is C28H34O4S2. The summed E-state index contributed by atoms with van der Waals surface area (Å²) in [5, 5.41) is 1.20. The zero-order valence-electron chi connectivity index (χ0n) is 20.1. The van der Waals surface area contributed by atoms with Crippen LogP contribution in [0.25, 0.3) is 0 Å². The number of hydrogen-bond acceptors (Lipinski definition) is 6. The smallest absolute Gasteiger partial charge is 0.344 e. The normalized spacial score (nSPS) is 10.9. The lowest BCUT2D eigenvalue weighted by molar-refractivity contribution is 0.0726. The maximum Gasteiger partial charge on any atom is 0.344 e. The molecule has 3 aromatic rings. The molecule has 0 spiro atoms. The van der Waals surface area contributed by atoms with Crippen LogP contribution in [0.2, 0.25) is 0 Å². The topological polar surface area (TPSA) is 52.6 Å². The molecule has 0 unspecified atom stereocenters. The van der Waals surface area contributed by atoms with E-state index in [0.717, 1.165) is 25.7 Å². The van der Waals surface area contributed by atoms with Crippen LogP contribution in [0.5, 0.6) is 10.1 Å². The van der Waals surface area contributed by atoms with Gasteiger partial charge in [0.05, 0.1) is 11.1 Å². The van der Waals surface area contributed by atoms with E-state index >= 15 is 0 Å². The fourth-order valence-corrected chi connectivity index (χ4v) is 5.38. The first kappa shape index (κ1) is 26.2. The average molecular weight is 499 g/mol. The molecule has 2 heterocycles. The summed E-state index contributed by atoms with van der Waals surface area (Å²) in [6.07, 6.45) is 11.8. The number of carbonyl (C=O) groups is 2. The first-order valence-electron chi connectivity index (χ1n) is 12.3. The Morgan fingerprint density at radius 3 is 1.38 bits per heavy atom. The first-order valence-corrected chi connectivity index (χ1v) is 13.9. The Morgan fingerprint density at radius 2 is 1.00 bits per heavy atom. The third-order valence-electron chi connectivity index (χ3n) is 5.57. The van der Waals surface area contributed by atoms with Crippen molar-refractivity contribution in [2.45, 2.75) is 78.1 Å². The van der Waals surface area contributed by atoms with Crippen LogP contribution in [0.4, 0.5) is 0 Å². The summed E-state index contributed by atoms with van der Waals surface area (Å²) in [5.74, 6) is -0.851. The molecule has 0 radical (unpaired) electrons. The Labute approximate surface area is 210 Å². The summed E-state index contributed by atoms with van der Waals surface area (Å²) < 4.78 is 11.0. The van der Waals surface area contributed by atoms with E-state index in [-0.39, 0.29) is 0 Å². The number of carbonyl (C=O) groups excluding carboxylic acids is 2. The second kappa shape index (κ2) is 14.1. The van der Waals surface area contributed by atoms with Gasteiger partial charge in [-0.05, 0) is 74.2 Å². The van der Waals surface area contributed by atoms with Gasteiger partial charge >= 0.3 is 11.9 Å². The van der Waals surface area contributed by atoms with Crippen molar-refractivity contribution in [3.8, 4) is 10.1 Å². The van der Waals surface area contributed by atoms with Crippen molar-refractivity contribution in [3.05, 3.63) is 69.4 Å². The van der Waals surface area contributed by atoms with Crippen LogP contribution in [0.3, 0.4) is 0 Å². The fraction of sp³-hybridized carbons (Fsp3) is 0.429. The zero-order valence-corrected chi connectivity index (χ0v) is 21.8. The van der Waals surface area contributed by atoms with Crippen molar-refractivity contribution in [3.63, 3.8) is 0 Å². The maximum absolute atomic E-state index is 12.5. The van der Waals surface area contributed by atoms with Crippen LogP contribution in [0.15, 0.2) is 48.5 Å². The van der Waals surface area contributed by atoms with Crippen molar-refractivity contribution in [2.75, 3.05) is 0 Å². The van der Waals surface area contributed by atoms with Crippen LogP contribution >= 0.6 is 22.7 Å². The zero-order chi connectivity index (χ0) is 24.2. The van der Waals surface area contributed by atoms with Gasteiger partial charge in [-0.2, -0.15) is 0 Å². The molecule has 3 rings (SSSR count). The second-order valence-electron chi connectivity index (χ2n) is 8.42. The molecule has 182 valence electrons. The molecule has 0 atom stereocenters. The van der Waals surface area contributed by atoms with E-state index < -0.39 is 11.9 Å². The molecule has 0 saturated heterocycles. The predicted octanol–water partition coefficient (Wildman–Crippen LogP) is 8.49. The van der Waals surface area contributed by atoms with E-state index in [1.165, 1.54) is 71.0 Å². The Bertz CT molecular complexity index is 950. The number of esters is 2. The van der Waals surface area contributed by atoms with Crippen LogP contribution in [-0.2, 0) is 12.8 Å². The lowest BCUT2D eigenvalue weighted by Crippen LogP contribution is -2.10.